The first kappa shape index (κ1) is 31.6. The average molecular weight is 503 g/mol. The fraction of sp³-hybridized carbons (Fsp3) is 0.923. The maximum Gasteiger partial charge on any atom is 0.407 e. The monoisotopic (exact) mass is 502 g/mol. The van der Waals surface area contributed by atoms with Crippen molar-refractivity contribution in [3.63, 3.8) is 0 Å². The van der Waals surface area contributed by atoms with E-state index in [1.165, 1.54) is 22.6 Å². The van der Waals surface area contributed by atoms with Crippen molar-refractivity contribution in [2.24, 2.45) is 35.0 Å². The average Bonchev–Trinajstić information content (AvgIpc) is 2.94. The summed E-state index contributed by atoms with van der Waals surface area (Å²) in [4.78, 5) is 24.7. The van der Waals surface area contributed by atoms with Crippen LogP contribution in [-0.2, 0) is 14.3 Å². The molecule has 0 bridgehead atoms. The third-order valence-corrected chi connectivity index (χ3v) is 7.83. The van der Waals surface area contributed by atoms with E-state index in [1.54, 1.807) is 27.9 Å². The van der Waals surface area contributed by atoms with Gasteiger partial charge in [0.2, 0.25) is 5.91 Å². The Labute approximate surface area is 211 Å². The van der Waals surface area contributed by atoms with E-state index in [-0.39, 0.29) is 12.2 Å². The number of likely N-dealkylation sites (tertiary alicyclic amines) is 1. The van der Waals surface area contributed by atoms with Gasteiger partial charge < -0.3 is 34.6 Å². The SMILES string of the molecule is CC.CC1CCC2C3C1CCC(C)(O)O[C@H]3OC[C@@H]2C.CN(C)C(=O)C1(C)CN(C(=O)O)C1.CO. The van der Waals surface area contributed by atoms with Gasteiger partial charge in [0.05, 0.1) is 12.0 Å². The molecule has 3 saturated heterocycles. The third kappa shape index (κ3) is 7.54. The van der Waals surface area contributed by atoms with Gasteiger partial charge in [0.25, 0.3) is 0 Å². The van der Waals surface area contributed by atoms with E-state index in [0.717, 1.165) is 38.4 Å². The first-order valence-electron chi connectivity index (χ1n) is 13.0. The lowest BCUT2D eigenvalue weighted by atomic mass is 9.61. The molecule has 5 unspecified atom stereocenters. The van der Waals surface area contributed by atoms with Crippen molar-refractivity contribution in [3.05, 3.63) is 0 Å². The van der Waals surface area contributed by atoms with E-state index < -0.39 is 17.3 Å². The van der Waals surface area contributed by atoms with Gasteiger partial charge >= 0.3 is 6.09 Å². The van der Waals surface area contributed by atoms with Crippen LogP contribution in [0.5, 0.6) is 0 Å². The Morgan fingerprint density at radius 3 is 2.03 bits per heavy atom. The highest BCUT2D eigenvalue weighted by atomic mass is 16.7. The first-order chi connectivity index (χ1) is 16.3. The topological polar surface area (TPSA) is 120 Å². The zero-order valence-corrected chi connectivity index (χ0v) is 23.3. The van der Waals surface area contributed by atoms with Gasteiger partial charge in [-0.1, -0.05) is 34.1 Å². The van der Waals surface area contributed by atoms with Crippen LogP contribution < -0.4 is 0 Å². The molecule has 1 aliphatic carbocycles. The molecular weight excluding hydrogens is 452 g/mol. The van der Waals surface area contributed by atoms with E-state index in [1.807, 2.05) is 13.8 Å². The number of amides is 2. The standard InChI is InChI=1S/C15H26O3.C8H14N2O3.C2H6.CH4O/c1-9-4-5-11-10(2)8-17-14-13(11)12(9)6-7-15(3,16)18-14;1-8(6(11)9(2)3)4-10(5-8)7(12)13;2*1-2/h9-14,16H,4-8H2,1-3H3;4-5H2,1-3H3,(H,12,13);1-2H3;2H,1H3/t9?,10-,11?,12?,13?,14+,15?;;;/m0.../s1. The van der Waals surface area contributed by atoms with Crippen LogP contribution in [0, 0.1) is 35.0 Å². The van der Waals surface area contributed by atoms with Crippen molar-refractivity contribution in [2.75, 3.05) is 40.9 Å². The van der Waals surface area contributed by atoms with Crippen LogP contribution in [0.2, 0.25) is 0 Å². The number of carbonyl (C=O) groups is 2. The largest absolute Gasteiger partial charge is 0.465 e. The molecule has 3 aliphatic heterocycles. The number of aliphatic hydroxyl groups excluding tert-OH is 1. The van der Waals surface area contributed by atoms with Crippen molar-refractivity contribution in [1.82, 2.24) is 9.80 Å². The molecule has 4 rings (SSSR count). The Morgan fingerprint density at radius 2 is 1.51 bits per heavy atom. The molecule has 9 nitrogen and oxygen atoms in total. The molecule has 4 fully saturated rings. The van der Waals surface area contributed by atoms with E-state index in [0.29, 0.717) is 30.8 Å². The lowest BCUT2D eigenvalue weighted by Gasteiger charge is -2.49. The highest BCUT2D eigenvalue weighted by Gasteiger charge is 2.51. The van der Waals surface area contributed by atoms with Gasteiger partial charge in [0.15, 0.2) is 12.1 Å². The Kier molecular flexibility index (Phi) is 11.9. The summed E-state index contributed by atoms with van der Waals surface area (Å²) in [6.07, 6.45) is 3.29. The Morgan fingerprint density at radius 1 is 0.971 bits per heavy atom. The molecule has 0 radical (unpaired) electrons. The number of rotatable bonds is 1. The molecule has 0 spiro atoms. The Hall–Kier alpha value is -1.42. The van der Waals surface area contributed by atoms with Crippen LogP contribution in [-0.4, -0.2) is 90.1 Å². The van der Waals surface area contributed by atoms with Crippen LogP contribution in [0.1, 0.15) is 67.2 Å². The van der Waals surface area contributed by atoms with Crippen molar-refractivity contribution >= 4 is 12.0 Å². The lowest BCUT2D eigenvalue weighted by molar-refractivity contribution is -0.318. The number of aliphatic hydroxyl groups is 2. The lowest BCUT2D eigenvalue weighted by Crippen LogP contribution is -2.62. The number of ether oxygens (including phenoxy) is 2. The summed E-state index contributed by atoms with van der Waals surface area (Å²) in [5.74, 6) is 2.22. The smallest absolute Gasteiger partial charge is 0.407 e. The quantitative estimate of drug-likeness (QED) is 0.502. The van der Waals surface area contributed by atoms with Crippen molar-refractivity contribution in [1.29, 1.82) is 0 Å². The van der Waals surface area contributed by atoms with Crippen LogP contribution in [0.25, 0.3) is 0 Å². The third-order valence-electron chi connectivity index (χ3n) is 7.83. The van der Waals surface area contributed by atoms with Crippen molar-refractivity contribution in [3.8, 4) is 0 Å². The zero-order valence-electron chi connectivity index (χ0n) is 23.3. The maximum atomic E-state index is 11.5. The second-order valence-electron chi connectivity index (χ2n) is 10.9. The molecular formula is C26H50N2O7. The second kappa shape index (κ2) is 13.2. The van der Waals surface area contributed by atoms with Crippen LogP contribution in [0.3, 0.4) is 0 Å². The molecule has 7 atom stereocenters. The minimum Gasteiger partial charge on any atom is -0.465 e. The van der Waals surface area contributed by atoms with Crippen molar-refractivity contribution < 1.29 is 34.4 Å². The molecule has 3 heterocycles. The molecule has 9 heteroatoms. The van der Waals surface area contributed by atoms with E-state index in [9.17, 15) is 14.7 Å². The minimum absolute atomic E-state index is 0.00926. The number of carbonyl (C=O) groups excluding carboxylic acids is 1. The highest BCUT2D eigenvalue weighted by Crippen LogP contribution is 2.51. The number of hydrogen-bond acceptors (Lipinski definition) is 6. The highest BCUT2D eigenvalue weighted by molar-refractivity contribution is 5.85. The predicted molar refractivity (Wildman–Crippen MR) is 135 cm³/mol. The molecule has 35 heavy (non-hydrogen) atoms. The van der Waals surface area contributed by atoms with Gasteiger partial charge in [-0.3, -0.25) is 4.79 Å². The molecule has 0 aromatic carbocycles. The van der Waals surface area contributed by atoms with Gasteiger partial charge in [-0.05, 0) is 50.4 Å². The van der Waals surface area contributed by atoms with Crippen LogP contribution in [0.15, 0.2) is 0 Å². The van der Waals surface area contributed by atoms with E-state index in [4.69, 9.17) is 19.7 Å². The Bertz CT molecular complexity index is 679. The molecule has 0 aromatic heterocycles. The molecule has 4 aliphatic rings. The first-order valence-corrected chi connectivity index (χ1v) is 13.0. The molecule has 0 aromatic rings. The molecule has 3 N–H and O–H groups in total. The molecule has 2 amide bonds. The summed E-state index contributed by atoms with van der Waals surface area (Å²) in [6, 6.07) is 0. The summed E-state index contributed by atoms with van der Waals surface area (Å²) >= 11 is 0. The molecule has 206 valence electrons. The van der Waals surface area contributed by atoms with Gasteiger partial charge in [-0.15, -0.1) is 0 Å². The van der Waals surface area contributed by atoms with Gasteiger partial charge in [-0.25, -0.2) is 4.79 Å². The fourth-order valence-electron chi connectivity index (χ4n) is 6.05. The van der Waals surface area contributed by atoms with Crippen LogP contribution in [0.4, 0.5) is 4.79 Å². The normalized spacial score (nSPS) is 36.6. The van der Waals surface area contributed by atoms with E-state index >= 15 is 0 Å². The van der Waals surface area contributed by atoms with Crippen LogP contribution >= 0.6 is 0 Å². The number of carboxylic acid groups (broad SMARTS) is 1. The number of nitrogens with zero attached hydrogens (tertiary/aromatic N) is 2. The van der Waals surface area contributed by atoms with Gasteiger partial charge in [0.1, 0.15) is 0 Å². The summed E-state index contributed by atoms with van der Waals surface area (Å²) in [5.41, 5.74) is -0.512. The summed E-state index contributed by atoms with van der Waals surface area (Å²) in [5, 5.41) is 25.9. The summed E-state index contributed by atoms with van der Waals surface area (Å²) in [6.45, 7) is 13.6. The van der Waals surface area contributed by atoms with Gasteiger partial charge in [0, 0.05) is 46.6 Å². The second-order valence-corrected chi connectivity index (χ2v) is 10.9. The zero-order chi connectivity index (χ0) is 27.1. The number of hydrogen-bond donors (Lipinski definition) is 3. The fourth-order valence-corrected chi connectivity index (χ4v) is 6.05. The predicted octanol–water partition coefficient (Wildman–Crippen LogP) is 3.49. The minimum atomic E-state index is -1.01. The maximum absolute atomic E-state index is 11.5. The summed E-state index contributed by atoms with van der Waals surface area (Å²) < 4.78 is 11.8. The van der Waals surface area contributed by atoms with Crippen molar-refractivity contribution in [2.45, 2.75) is 79.3 Å². The Balaban J connectivity index is 0.000000320. The summed E-state index contributed by atoms with van der Waals surface area (Å²) in [7, 11) is 4.36. The molecule has 1 saturated carbocycles. The van der Waals surface area contributed by atoms with Gasteiger partial charge in [-0.2, -0.15) is 0 Å². The van der Waals surface area contributed by atoms with E-state index in [2.05, 4.69) is 13.8 Å².